The molecule has 0 saturated heterocycles. The van der Waals surface area contributed by atoms with Crippen LogP contribution >= 0.6 is 11.3 Å². The molecule has 2 N–H and O–H groups in total. The van der Waals surface area contributed by atoms with E-state index in [1.165, 1.54) is 4.88 Å². The molecule has 0 fully saturated rings. The molecule has 0 aromatic carbocycles. The number of hydrogen-bond donors (Lipinski definition) is 2. The van der Waals surface area contributed by atoms with E-state index in [0.29, 0.717) is 12.5 Å². The van der Waals surface area contributed by atoms with Crippen molar-refractivity contribution in [3.8, 4) is 0 Å². The van der Waals surface area contributed by atoms with E-state index in [-0.39, 0.29) is 0 Å². The van der Waals surface area contributed by atoms with Gasteiger partial charge in [-0.1, -0.05) is 26.3 Å². The summed E-state index contributed by atoms with van der Waals surface area (Å²) in [5.41, 5.74) is -0.605. The molecule has 2 atom stereocenters. The van der Waals surface area contributed by atoms with Crippen LogP contribution in [0.15, 0.2) is 17.5 Å². The number of hydrogen-bond acceptors (Lipinski definition) is 3. The van der Waals surface area contributed by atoms with Crippen LogP contribution in [0, 0.1) is 5.92 Å². The van der Waals surface area contributed by atoms with E-state index in [4.69, 9.17) is 0 Å². The van der Waals surface area contributed by atoms with Gasteiger partial charge in [0.05, 0.1) is 5.60 Å². The second-order valence-electron chi connectivity index (χ2n) is 4.35. The molecule has 0 saturated carbocycles. The first-order valence-corrected chi connectivity index (χ1v) is 6.39. The minimum Gasteiger partial charge on any atom is -0.389 e. The minimum atomic E-state index is -0.605. The van der Waals surface area contributed by atoms with Crippen molar-refractivity contribution in [2.75, 3.05) is 6.54 Å². The zero-order valence-corrected chi connectivity index (χ0v) is 10.6. The minimum absolute atomic E-state index is 0.327. The lowest BCUT2D eigenvalue weighted by atomic mass is 9.89. The molecule has 1 aromatic heterocycles. The smallest absolute Gasteiger partial charge is 0.0768 e. The number of nitrogens with one attached hydrogen (secondary N) is 1. The standard InChI is InChI=1S/C12H21NOS/c1-4-10(2)12(3,14)9-13-8-11-6-5-7-15-11/h5-7,10,13-14H,4,8-9H2,1-3H3. The van der Waals surface area contributed by atoms with Crippen LogP contribution in [0.2, 0.25) is 0 Å². The molecule has 0 amide bonds. The maximum atomic E-state index is 10.2. The van der Waals surface area contributed by atoms with Crippen LogP contribution in [0.1, 0.15) is 32.1 Å². The van der Waals surface area contributed by atoms with Gasteiger partial charge in [-0.15, -0.1) is 11.3 Å². The predicted molar refractivity (Wildman–Crippen MR) is 66.1 cm³/mol. The summed E-state index contributed by atoms with van der Waals surface area (Å²) in [5, 5.41) is 15.5. The summed E-state index contributed by atoms with van der Waals surface area (Å²) in [5.74, 6) is 0.327. The fraction of sp³-hybridized carbons (Fsp3) is 0.667. The largest absolute Gasteiger partial charge is 0.389 e. The highest BCUT2D eigenvalue weighted by atomic mass is 32.1. The second-order valence-corrected chi connectivity index (χ2v) is 5.38. The number of aliphatic hydroxyl groups is 1. The summed E-state index contributed by atoms with van der Waals surface area (Å²) in [6, 6.07) is 4.16. The molecule has 1 heterocycles. The molecule has 0 bridgehead atoms. The summed E-state index contributed by atoms with van der Waals surface area (Å²) < 4.78 is 0. The van der Waals surface area contributed by atoms with Gasteiger partial charge in [-0.25, -0.2) is 0 Å². The van der Waals surface area contributed by atoms with Gasteiger partial charge in [0.2, 0.25) is 0 Å². The first-order valence-electron chi connectivity index (χ1n) is 5.51. The van der Waals surface area contributed by atoms with Crippen LogP contribution in [-0.4, -0.2) is 17.3 Å². The summed E-state index contributed by atoms with van der Waals surface area (Å²) in [4.78, 5) is 1.31. The van der Waals surface area contributed by atoms with E-state index in [2.05, 4.69) is 36.7 Å². The van der Waals surface area contributed by atoms with E-state index >= 15 is 0 Å². The Bertz CT molecular complexity index is 269. The lowest BCUT2D eigenvalue weighted by Gasteiger charge is -2.29. The molecule has 0 aliphatic heterocycles. The quantitative estimate of drug-likeness (QED) is 0.783. The summed E-state index contributed by atoms with van der Waals surface area (Å²) in [7, 11) is 0. The van der Waals surface area contributed by atoms with Crippen molar-refractivity contribution >= 4 is 11.3 Å². The lowest BCUT2D eigenvalue weighted by molar-refractivity contribution is 0.00540. The third-order valence-corrected chi connectivity index (χ3v) is 3.91. The molecule has 1 aromatic rings. The van der Waals surface area contributed by atoms with Crippen LogP contribution in [0.4, 0.5) is 0 Å². The van der Waals surface area contributed by atoms with E-state index in [1.54, 1.807) is 11.3 Å². The molecule has 2 unspecified atom stereocenters. The van der Waals surface area contributed by atoms with Crippen molar-refractivity contribution < 1.29 is 5.11 Å². The monoisotopic (exact) mass is 227 g/mol. The topological polar surface area (TPSA) is 32.3 Å². The van der Waals surface area contributed by atoms with E-state index < -0.39 is 5.60 Å². The van der Waals surface area contributed by atoms with Crippen molar-refractivity contribution in [2.24, 2.45) is 5.92 Å². The fourth-order valence-corrected chi connectivity index (χ4v) is 2.14. The van der Waals surface area contributed by atoms with Gasteiger partial charge in [-0.05, 0) is 24.3 Å². The third kappa shape index (κ3) is 3.93. The Labute approximate surface area is 96.3 Å². The highest BCUT2D eigenvalue weighted by Gasteiger charge is 2.26. The van der Waals surface area contributed by atoms with Crippen LogP contribution in [-0.2, 0) is 6.54 Å². The summed E-state index contributed by atoms with van der Waals surface area (Å²) in [6.45, 7) is 7.61. The van der Waals surface area contributed by atoms with Crippen LogP contribution in [0.5, 0.6) is 0 Å². The molecule has 0 aliphatic carbocycles. The zero-order valence-electron chi connectivity index (χ0n) is 9.79. The first-order chi connectivity index (χ1) is 7.06. The molecule has 86 valence electrons. The maximum absolute atomic E-state index is 10.2. The van der Waals surface area contributed by atoms with Crippen LogP contribution in [0.3, 0.4) is 0 Å². The van der Waals surface area contributed by atoms with Crippen molar-refractivity contribution in [2.45, 2.75) is 39.3 Å². The van der Waals surface area contributed by atoms with Gasteiger partial charge >= 0.3 is 0 Å². The van der Waals surface area contributed by atoms with Crippen LogP contribution in [0.25, 0.3) is 0 Å². The summed E-state index contributed by atoms with van der Waals surface area (Å²) >= 11 is 1.74. The third-order valence-electron chi connectivity index (χ3n) is 3.04. The van der Waals surface area contributed by atoms with Crippen molar-refractivity contribution in [1.29, 1.82) is 0 Å². The number of thiophene rings is 1. The first kappa shape index (κ1) is 12.7. The highest BCUT2D eigenvalue weighted by Crippen LogP contribution is 2.19. The molecule has 3 heteroatoms. The predicted octanol–water partition coefficient (Wildman–Crippen LogP) is 2.63. The van der Waals surface area contributed by atoms with E-state index in [9.17, 15) is 5.11 Å². The Kier molecular flexibility index (Phi) is 4.77. The molecular formula is C12H21NOS. The Hall–Kier alpha value is -0.380. The van der Waals surface area contributed by atoms with Gasteiger partial charge in [0, 0.05) is 18.0 Å². The van der Waals surface area contributed by atoms with Crippen molar-refractivity contribution in [3.63, 3.8) is 0 Å². The Morgan fingerprint density at radius 3 is 2.87 bits per heavy atom. The van der Waals surface area contributed by atoms with Gasteiger partial charge in [-0.3, -0.25) is 0 Å². The van der Waals surface area contributed by atoms with E-state index in [0.717, 1.165) is 13.0 Å². The molecule has 0 aliphatic rings. The second kappa shape index (κ2) is 5.64. The van der Waals surface area contributed by atoms with Gasteiger partial charge in [0.1, 0.15) is 0 Å². The van der Waals surface area contributed by atoms with E-state index in [1.807, 2.05) is 6.92 Å². The fourth-order valence-electron chi connectivity index (χ4n) is 1.47. The average Bonchev–Trinajstić information content (AvgIpc) is 2.69. The molecule has 15 heavy (non-hydrogen) atoms. The van der Waals surface area contributed by atoms with Crippen molar-refractivity contribution in [3.05, 3.63) is 22.4 Å². The van der Waals surface area contributed by atoms with Gasteiger partial charge in [0.15, 0.2) is 0 Å². The molecule has 1 rings (SSSR count). The Balaban J connectivity index is 2.30. The normalized spacial score (nSPS) is 17.3. The molecular weight excluding hydrogens is 206 g/mol. The van der Waals surface area contributed by atoms with Gasteiger partial charge < -0.3 is 10.4 Å². The van der Waals surface area contributed by atoms with Gasteiger partial charge in [0.25, 0.3) is 0 Å². The zero-order chi connectivity index (χ0) is 11.3. The van der Waals surface area contributed by atoms with Gasteiger partial charge in [-0.2, -0.15) is 0 Å². The maximum Gasteiger partial charge on any atom is 0.0768 e. The highest BCUT2D eigenvalue weighted by molar-refractivity contribution is 7.09. The number of rotatable bonds is 6. The Morgan fingerprint density at radius 1 is 1.60 bits per heavy atom. The molecule has 2 nitrogen and oxygen atoms in total. The van der Waals surface area contributed by atoms with Crippen LogP contribution < -0.4 is 5.32 Å². The van der Waals surface area contributed by atoms with Crippen molar-refractivity contribution in [1.82, 2.24) is 5.32 Å². The molecule has 0 spiro atoms. The average molecular weight is 227 g/mol. The molecule has 0 radical (unpaired) electrons. The SMILES string of the molecule is CCC(C)C(C)(O)CNCc1cccs1. The lowest BCUT2D eigenvalue weighted by Crippen LogP contribution is -2.42. The summed E-state index contributed by atoms with van der Waals surface area (Å²) in [6.07, 6.45) is 1.01. The Morgan fingerprint density at radius 2 is 2.33 bits per heavy atom.